The van der Waals surface area contributed by atoms with Gasteiger partial charge in [0.15, 0.2) is 29.3 Å². The topological polar surface area (TPSA) is 181 Å². The summed E-state index contributed by atoms with van der Waals surface area (Å²) in [5.41, 5.74) is 2.75. The first-order valence-electron chi connectivity index (χ1n) is 14.6. The van der Waals surface area contributed by atoms with E-state index in [1.165, 1.54) is 10.9 Å². The van der Waals surface area contributed by atoms with Gasteiger partial charge in [-0.3, -0.25) is 9.36 Å². The maximum atomic E-state index is 12.5. The Hall–Kier alpha value is -3.95. The van der Waals surface area contributed by atoms with Gasteiger partial charge in [-0.25, -0.2) is 28.1 Å². The van der Waals surface area contributed by atoms with E-state index < -0.39 is 40.5 Å². The van der Waals surface area contributed by atoms with Gasteiger partial charge in [-0.2, -0.15) is 0 Å². The van der Waals surface area contributed by atoms with Crippen LogP contribution in [-0.2, 0) is 26.1 Å². The number of nitrogens with one attached hydrogen (secondary N) is 3. The zero-order valence-electron chi connectivity index (χ0n) is 24.5. The van der Waals surface area contributed by atoms with E-state index >= 15 is 0 Å². The second kappa shape index (κ2) is 13.8. The van der Waals surface area contributed by atoms with Crippen LogP contribution in [-0.4, -0.2) is 81.2 Å². The predicted octanol–water partition coefficient (Wildman–Crippen LogP) is 1.65. The number of sulfonamides is 1. The molecule has 234 valence electrons. The first-order chi connectivity index (χ1) is 21.2. The SMILES string of the molecule is CCCS(=O)(=O)NCc1nc(NCC(c2ccccc2)c2ccccc2)c2ncn(C3OC(C(=O)NCC)C(O)C3O)c2n1. The lowest BCUT2D eigenvalue weighted by Gasteiger charge is -2.20. The van der Waals surface area contributed by atoms with Crippen LogP contribution in [0.25, 0.3) is 11.2 Å². The molecule has 0 spiro atoms. The Morgan fingerprint density at radius 2 is 1.66 bits per heavy atom. The number of carbonyl (C=O) groups excluding carboxylic acids is 1. The van der Waals surface area contributed by atoms with Crippen LogP contribution < -0.4 is 15.4 Å². The molecular formula is C30H37N7O6S. The Labute approximate surface area is 255 Å². The number of rotatable bonds is 13. The van der Waals surface area contributed by atoms with Crippen molar-refractivity contribution in [3.63, 3.8) is 0 Å². The number of hydrogen-bond donors (Lipinski definition) is 5. The highest BCUT2D eigenvalue weighted by molar-refractivity contribution is 7.89. The van der Waals surface area contributed by atoms with Crippen molar-refractivity contribution in [3.05, 3.63) is 83.9 Å². The number of benzene rings is 2. The van der Waals surface area contributed by atoms with Crippen LogP contribution in [0.3, 0.4) is 0 Å². The molecule has 2 aromatic heterocycles. The molecule has 4 unspecified atom stereocenters. The number of likely N-dealkylation sites (N-methyl/N-ethyl adjacent to an activating group) is 1. The fraction of sp³-hybridized carbons (Fsp3) is 0.400. The van der Waals surface area contributed by atoms with E-state index in [-0.39, 0.29) is 29.7 Å². The third-order valence-electron chi connectivity index (χ3n) is 7.39. The molecule has 1 fully saturated rings. The van der Waals surface area contributed by atoms with E-state index in [1.54, 1.807) is 13.8 Å². The Balaban J connectivity index is 1.51. The second-order valence-electron chi connectivity index (χ2n) is 10.5. The van der Waals surface area contributed by atoms with E-state index in [9.17, 15) is 23.4 Å². The Bertz CT molecular complexity index is 1630. The van der Waals surface area contributed by atoms with Crippen molar-refractivity contribution >= 4 is 32.9 Å². The van der Waals surface area contributed by atoms with Gasteiger partial charge in [-0.15, -0.1) is 0 Å². The highest BCUT2D eigenvalue weighted by Crippen LogP contribution is 2.33. The van der Waals surface area contributed by atoms with E-state index in [2.05, 4.69) is 30.3 Å². The molecule has 5 N–H and O–H groups in total. The molecule has 1 aliphatic rings. The average Bonchev–Trinajstić information content (AvgIpc) is 3.57. The summed E-state index contributed by atoms with van der Waals surface area (Å²) in [5, 5.41) is 27.4. The lowest BCUT2D eigenvalue weighted by atomic mass is 9.91. The Kier molecular flexibility index (Phi) is 9.86. The monoisotopic (exact) mass is 623 g/mol. The van der Waals surface area contributed by atoms with Crippen LogP contribution in [0.5, 0.6) is 0 Å². The molecule has 4 atom stereocenters. The van der Waals surface area contributed by atoms with Gasteiger partial charge in [0.1, 0.15) is 18.0 Å². The maximum absolute atomic E-state index is 12.5. The summed E-state index contributed by atoms with van der Waals surface area (Å²) in [6.07, 6.45) is -3.59. The molecule has 1 aliphatic heterocycles. The molecule has 0 aliphatic carbocycles. The predicted molar refractivity (Wildman–Crippen MR) is 164 cm³/mol. The van der Waals surface area contributed by atoms with Crippen LogP contribution in [0.4, 0.5) is 5.82 Å². The lowest BCUT2D eigenvalue weighted by molar-refractivity contribution is -0.137. The number of hydrogen-bond acceptors (Lipinski definition) is 10. The molecule has 5 rings (SSSR count). The number of carbonyl (C=O) groups is 1. The summed E-state index contributed by atoms with van der Waals surface area (Å²) < 4.78 is 34.6. The van der Waals surface area contributed by atoms with E-state index in [0.29, 0.717) is 30.8 Å². The minimum atomic E-state index is -3.56. The zero-order chi connectivity index (χ0) is 31.3. The van der Waals surface area contributed by atoms with Crippen LogP contribution in [0.15, 0.2) is 67.0 Å². The van der Waals surface area contributed by atoms with Crippen LogP contribution in [0, 0.1) is 0 Å². The molecule has 0 bridgehead atoms. The van der Waals surface area contributed by atoms with Gasteiger partial charge in [0.05, 0.1) is 18.6 Å². The van der Waals surface area contributed by atoms with Gasteiger partial charge in [0.25, 0.3) is 5.91 Å². The molecule has 1 amide bonds. The van der Waals surface area contributed by atoms with Crippen molar-refractivity contribution in [1.29, 1.82) is 0 Å². The number of imidazole rings is 1. The molecule has 4 aromatic rings. The number of ether oxygens (including phenoxy) is 1. The number of fused-ring (bicyclic) bond motifs is 1. The number of nitrogens with zero attached hydrogens (tertiary/aromatic N) is 4. The second-order valence-corrected chi connectivity index (χ2v) is 12.5. The number of aromatic nitrogens is 4. The molecular weight excluding hydrogens is 586 g/mol. The third kappa shape index (κ3) is 6.89. The average molecular weight is 624 g/mol. The van der Waals surface area contributed by atoms with Crippen LogP contribution in [0.1, 0.15) is 49.4 Å². The number of amides is 1. The van der Waals surface area contributed by atoms with E-state index in [0.717, 1.165) is 11.1 Å². The highest BCUT2D eigenvalue weighted by atomic mass is 32.2. The van der Waals surface area contributed by atoms with Gasteiger partial charge in [-0.1, -0.05) is 67.6 Å². The third-order valence-corrected chi connectivity index (χ3v) is 8.92. The highest BCUT2D eigenvalue weighted by Gasteiger charge is 2.47. The maximum Gasteiger partial charge on any atom is 0.252 e. The molecule has 3 heterocycles. The largest absolute Gasteiger partial charge is 0.387 e. The smallest absolute Gasteiger partial charge is 0.252 e. The molecule has 0 saturated carbocycles. The Morgan fingerprint density at radius 1 is 1.00 bits per heavy atom. The summed E-state index contributed by atoms with van der Waals surface area (Å²) in [4.78, 5) is 26.2. The molecule has 44 heavy (non-hydrogen) atoms. The van der Waals surface area contributed by atoms with E-state index in [4.69, 9.17) is 4.74 Å². The standard InChI is InChI=1S/C30H37N7O6S/c1-3-15-44(41,42)34-17-22-35-27(32-16-21(19-11-7-5-8-12-19)20-13-9-6-10-14-20)23-28(36-22)37(18-33-23)30-25(39)24(38)26(43-30)29(40)31-4-2/h5-14,18,21,24-26,30,34,38-39H,3-4,15-17H2,1-2H3,(H,31,40)(H,32,35,36). The summed E-state index contributed by atoms with van der Waals surface area (Å²) >= 11 is 0. The summed E-state index contributed by atoms with van der Waals surface area (Å²) in [7, 11) is -3.56. The van der Waals surface area contributed by atoms with Gasteiger partial charge >= 0.3 is 0 Å². The normalized spacial score (nSPS) is 20.3. The molecule has 14 heteroatoms. The van der Waals surface area contributed by atoms with Crippen molar-refractivity contribution < 1.29 is 28.2 Å². The fourth-order valence-electron chi connectivity index (χ4n) is 5.24. The molecule has 1 saturated heterocycles. The van der Waals surface area contributed by atoms with Gasteiger partial charge in [-0.05, 0) is 24.5 Å². The fourth-order valence-corrected chi connectivity index (χ4v) is 6.27. The minimum Gasteiger partial charge on any atom is -0.387 e. The van der Waals surface area contributed by atoms with Crippen molar-refractivity contribution in [2.24, 2.45) is 0 Å². The van der Waals surface area contributed by atoms with Crippen molar-refractivity contribution in [2.45, 2.75) is 57.3 Å². The van der Waals surface area contributed by atoms with Crippen LogP contribution in [0.2, 0.25) is 0 Å². The molecule has 0 radical (unpaired) electrons. The van der Waals surface area contributed by atoms with Gasteiger partial charge in [0, 0.05) is 19.0 Å². The first kappa shape index (κ1) is 31.5. The molecule has 13 nitrogen and oxygen atoms in total. The van der Waals surface area contributed by atoms with Gasteiger partial charge < -0.3 is 25.6 Å². The lowest BCUT2D eigenvalue weighted by Crippen LogP contribution is -2.42. The van der Waals surface area contributed by atoms with Crippen molar-refractivity contribution in [2.75, 3.05) is 24.2 Å². The number of aliphatic hydroxyl groups excluding tert-OH is 2. The van der Waals surface area contributed by atoms with Crippen molar-refractivity contribution in [1.82, 2.24) is 29.6 Å². The number of aliphatic hydroxyl groups is 2. The first-order valence-corrected chi connectivity index (χ1v) is 16.2. The summed E-state index contributed by atoms with van der Waals surface area (Å²) in [6, 6.07) is 20.0. The van der Waals surface area contributed by atoms with Gasteiger partial charge in [0.2, 0.25) is 10.0 Å². The quantitative estimate of drug-likeness (QED) is 0.147. The van der Waals surface area contributed by atoms with Crippen LogP contribution >= 0.6 is 0 Å². The molecule has 2 aromatic carbocycles. The zero-order valence-corrected chi connectivity index (χ0v) is 25.3. The number of anilines is 1. The minimum absolute atomic E-state index is 0.0463. The van der Waals surface area contributed by atoms with Crippen molar-refractivity contribution in [3.8, 4) is 0 Å². The summed E-state index contributed by atoms with van der Waals surface area (Å²) in [6.45, 7) is 4.07. The Morgan fingerprint density at radius 3 is 2.27 bits per heavy atom. The summed E-state index contributed by atoms with van der Waals surface area (Å²) in [5.74, 6) is -0.143. The van der Waals surface area contributed by atoms with E-state index in [1.807, 2.05) is 60.7 Å².